The number of carbonyl (C=O) groups excluding carboxylic acids is 1. The van der Waals surface area contributed by atoms with Gasteiger partial charge in [0.25, 0.3) is 5.91 Å². The minimum absolute atomic E-state index is 0.150. The molecule has 110 valence electrons. The van der Waals surface area contributed by atoms with Crippen LogP contribution in [0.5, 0.6) is 0 Å². The molecule has 0 atom stereocenters. The van der Waals surface area contributed by atoms with Crippen LogP contribution in [0.1, 0.15) is 21.7 Å². The molecule has 0 fully saturated rings. The summed E-state index contributed by atoms with van der Waals surface area (Å²) in [6, 6.07) is 17.0. The number of aromatic nitrogens is 4. The number of nitrogens with one attached hydrogen (secondary N) is 1. The third-order valence-electron chi connectivity index (χ3n) is 3.26. The van der Waals surface area contributed by atoms with Crippen molar-refractivity contribution in [2.75, 3.05) is 0 Å². The van der Waals surface area contributed by atoms with Gasteiger partial charge >= 0.3 is 0 Å². The molecule has 0 bridgehead atoms. The number of hydrogen-bond acceptors (Lipinski definition) is 4. The summed E-state index contributed by atoms with van der Waals surface area (Å²) in [6.45, 7) is 2.24. The van der Waals surface area contributed by atoms with E-state index in [1.54, 1.807) is 16.8 Å². The summed E-state index contributed by atoms with van der Waals surface area (Å²) in [5.74, 6) is 0.425. The van der Waals surface area contributed by atoms with Gasteiger partial charge in [-0.1, -0.05) is 35.9 Å². The molecule has 0 aliphatic heterocycles. The Hall–Kier alpha value is -3.02. The van der Waals surface area contributed by atoms with Crippen LogP contribution in [0.15, 0.2) is 54.6 Å². The maximum atomic E-state index is 12.1. The maximum absolute atomic E-state index is 12.1. The number of aryl methyl sites for hydroxylation is 1. The molecule has 3 aromatic rings. The Morgan fingerprint density at radius 3 is 2.55 bits per heavy atom. The number of tetrazole rings is 1. The average Bonchev–Trinajstić information content (AvgIpc) is 3.02. The van der Waals surface area contributed by atoms with Gasteiger partial charge in [-0.05, 0) is 41.6 Å². The molecule has 1 amide bonds. The second-order valence-electron chi connectivity index (χ2n) is 4.89. The highest BCUT2D eigenvalue weighted by molar-refractivity contribution is 5.94. The van der Waals surface area contributed by atoms with Crippen LogP contribution in [0, 0.1) is 6.92 Å². The van der Waals surface area contributed by atoms with E-state index in [9.17, 15) is 4.79 Å². The summed E-state index contributed by atoms with van der Waals surface area (Å²) in [5.41, 5.74) is 2.58. The molecule has 1 N–H and O–H groups in total. The highest BCUT2D eigenvalue weighted by atomic mass is 16.1. The van der Waals surface area contributed by atoms with E-state index in [0.717, 1.165) is 11.3 Å². The summed E-state index contributed by atoms with van der Waals surface area (Å²) < 4.78 is 1.61. The monoisotopic (exact) mass is 293 g/mol. The van der Waals surface area contributed by atoms with Crippen molar-refractivity contribution in [1.82, 2.24) is 25.5 Å². The molecule has 0 saturated carbocycles. The molecule has 0 aliphatic rings. The lowest BCUT2D eigenvalue weighted by atomic mass is 10.1. The topological polar surface area (TPSA) is 72.7 Å². The fourth-order valence-electron chi connectivity index (χ4n) is 2.05. The number of para-hydroxylation sites is 1. The highest BCUT2D eigenvalue weighted by Gasteiger charge is 2.10. The normalized spacial score (nSPS) is 10.4. The van der Waals surface area contributed by atoms with Crippen LogP contribution in [0.2, 0.25) is 0 Å². The Morgan fingerprint density at radius 1 is 1.09 bits per heavy atom. The molecule has 0 saturated heterocycles. The number of rotatable bonds is 4. The number of carbonyl (C=O) groups is 1. The molecule has 2 aromatic carbocycles. The zero-order valence-corrected chi connectivity index (χ0v) is 12.1. The third kappa shape index (κ3) is 3.01. The predicted molar refractivity (Wildman–Crippen MR) is 81.5 cm³/mol. The Morgan fingerprint density at radius 2 is 1.82 bits per heavy atom. The van der Waals surface area contributed by atoms with E-state index < -0.39 is 0 Å². The van der Waals surface area contributed by atoms with Gasteiger partial charge in [-0.15, -0.1) is 5.10 Å². The summed E-state index contributed by atoms with van der Waals surface area (Å²) >= 11 is 0. The third-order valence-corrected chi connectivity index (χ3v) is 3.26. The molecular formula is C16H15N5O. The standard InChI is InChI=1S/C16H15N5O/c1-12-7-9-13(10-8-12)16(22)17-11-15-18-19-20-21(15)14-5-3-2-4-6-14/h2-10H,11H2,1H3,(H,17,22). The van der Waals surface area contributed by atoms with Gasteiger partial charge in [0.2, 0.25) is 0 Å². The Bertz CT molecular complexity index is 765. The number of hydrogen-bond donors (Lipinski definition) is 1. The second-order valence-corrected chi connectivity index (χ2v) is 4.89. The lowest BCUT2D eigenvalue weighted by Crippen LogP contribution is -2.24. The first-order chi connectivity index (χ1) is 10.7. The maximum Gasteiger partial charge on any atom is 0.251 e. The fourth-order valence-corrected chi connectivity index (χ4v) is 2.05. The zero-order chi connectivity index (χ0) is 15.4. The fraction of sp³-hybridized carbons (Fsp3) is 0.125. The van der Waals surface area contributed by atoms with Crippen molar-refractivity contribution in [1.29, 1.82) is 0 Å². The summed E-state index contributed by atoms with van der Waals surface area (Å²) in [5, 5.41) is 14.4. The van der Waals surface area contributed by atoms with E-state index in [-0.39, 0.29) is 12.5 Å². The molecule has 3 rings (SSSR count). The first-order valence-corrected chi connectivity index (χ1v) is 6.91. The van der Waals surface area contributed by atoms with Crippen LogP contribution in [0.4, 0.5) is 0 Å². The van der Waals surface area contributed by atoms with Crippen molar-refractivity contribution in [3.63, 3.8) is 0 Å². The second kappa shape index (κ2) is 6.17. The van der Waals surface area contributed by atoms with Gasteiger partial charge in [-0.2, -0.15) is 4.68 Å². The Kier molecular flexibility index (Phi) is 3.91. The zero-order valence-electron chi connectivity index (χ0n) is 12.1. The quantitative estimate of drug-likeness (QED) is 0.797. The molecule has 1 aromatic heterocycles. The van der Waals surface area contributed by atoms with Crippen molar-refractivity contribution in [2.45, 2.75) is 13.5 Å². The van der Waals surface area contributed by atoms with Crippen LogP contribution in [0.3, 0.4) is 0 Å². The van der Waals surface area contributed by atoms with Crippen LogP contribution in [0.25, 0.3) is 5.69 Å². The van der Waals surface area contributed by atoms with Crippen LogP contribution >= 0.6 is 0 Å². The highest BCUT2D eigenvalue weighted by Crippen LogP contribution is 2.07. The molecular weight excluding hydrogens is 278 g/mol. The van der Waals surface area contributed by atoms with Gasteiger partial charge in [-0.25, -0.2) is 0 Å². The first-order valence-electron chi connectivity index (χ1n) is 6.91. The van der Waals surface area contributed by atoms with Crippen molar-refractivity contribution in [2.24, 2.45) is 0 Å². The van der Waals surface area contributed by atoms with E-state index in [0.29, 0.717) is 11.4 Å². The van der Waals surface area contributed by atoms with Gasteiger partial charge in [0.1, 0.15) is 0 Å². The van der Waals surface area contributed by atoms with Crippen molar-refractivity contribution < 1.29 is 4.79 Å². The Labute approximate surface area is 127 Å². The van der Waals surface area contributed by atoms with Gasteiger partial charge in [0, 0.05) is 5.56 Å². The van der Waals surface area contributed by atoms with E-state index in [2.05, 4.69) is 20.8 Å². The Balaban J connectivity index is 1.71. The smallest absolute Gasteiger partial charge is 0.251 e. The van der Waals surface area contributed by atoms with Gasteiger partial charge < -0.3 is 5.32 Å². The number of benzene rings is 2. The summed E-state index contributed by atoms with van der Waals surface area (Å²) in [7, 11) is 0. The van der Waals surface area contributed by atoms with Gasteiger partial charge in [0.15, 0.2) is 5.82 Å². The van der Waals surface area contributed by atoms with Crippen molar-refractivity contribution in [3.8, 4) is 5.69 Å². The van der Waals surface area contributed by atoms with E-state index in [1.807, 2.05) is 49.4 Å². The predicted octanol–water partition coefficient (Wildman–Crippen LogP) is 1.90. The summed E-state index contributed by atoms with van der Waals surface area (Å²) in [6.07, 6.45) is 0. The van der Waals surface area contributed by atoms with Crippen molar-refractivity contribution >= 4 is 5.91 Å². The van der Waals surface area contributed by atoms with Crippen LogP contribution in [-0.4, -0.2) is 26.1 Å². The van der Waals surface area contributed by atoms with E-state index in [1.165, 1.54) is 0 Å². The lowest BCUT2D eigenvalue weighted by Gasteiger charge is -2.06. The SMILES string of the molecule is Cc1ccc(C(=O)NCc2nnnn2-c2ccccc2)cc1. The first kappa shape index (κ1) is 13.9. The van der Waals surface area contributed by atoms with Crippen LogP contribution in [-0.2, 0) is 6.54 Å². The number of nitrogens with zero attached hydrogens (tertiary/aromatic N) is 4. The molecule has 1 heterocycles. The summed E-state index contributed by atoms with van der Waals surface area (Å²) in [4.78, 5) is 12.1. The number of amides is 1. The molecule has 0 aliphatic carbocycles. The molecule has 6 nitrogen and oxygen atoms in total. The van der Waals surface area contributed by atoms with Gasteiger partial charge in [-0.3, -0.25) is 4.79 Å². The van der Waals surface area contributed by atoms with E-state index in [4.69, 9.17) is 0 Å². The molecule has 22 heavy (non-hydrogen) atoms. The van der Waals surface area contributed by atoms with Gasteiger partial charge in [0.05, 0.1) is 12.2 Å². The minimum atomic E-state index is -0.150. The van der Waals surface area contributed by atoms with Crippen molar-refractivity contribution in [3.05, 3.63) is 71.5 Å². The van der Waals surface area contributed by atoms with E-state index >= 15 is 0 Å². The lowest BCUT2D eigenvalue weighted by molar-refractivity contribution is 0.0949. The van der Waals surface area contributed by atoms with Crippen LogP contribution < -0.4 is 5.32 Å². The molecule has 6 heteroatoms. The minimum Gasteiger partial charge on any atom is -0.345 e. The molecule has 0 spiro atoms. The average molecular weight is 293 g/mol. The largest absolute Gasteiger partial charge is 0.345 e. The molecule has 0 unspecified atom stereocenters. The molecule has 0 radical (unpaired) electrons.